The first kappa shape index (κ1) is 11.4. The van der Waals surface area contributed by atoms with Crippen LogP contribution in [0.2, 0.25) is 5.02 Å². The first-order valence-electron chi connectivity index (χ1n) is 5.38. The van der Waals surface area contributed by atoms with Gasteiger partial charge in [0.1, 0.15) is 0 Å². The summed E-state index contributed by atoms with van der Waals surface area (Å²) in [5.74, 6) is 0. The Hall–Kier alpha value is -1.12. The van der Waals surface area contributed by atoms with Crippen LogP contribution < -0.4 is 5.73 Å². The van der Waals surface area contributed by atoms with Crippen molar-refractivity contribution in [3.8, 4) is 0 Å². The topological polar surface area (TPSA) is 38.9 Å². The second-order valence-corrected chi connectivity index (χ2v) is 4.66. The average molecular weight is 235 g/mol. The van der Waals surface area contributed by atoms with E-state index in [1.807, 2.05) is 25.1 Å². The van der Waals surface area contributed by atoms with E-state index in [2.05, 4.69) is 18.0 Å². The van der Waals surface area contributed by atoms with Crippen molar-refractivity contribution in [3.63, 3.8) is 0 Å². The third kappa shape index (κ3) is 2.18. The predicted octanol–water partition coefficient (Wildman–Crippen LogP) is 3.09. The number of halogens is 1. The number of para-hydroxylation sites is 1. The molecule has 1 heterocycles. The lowest BCUT2D eigenvalue weighted by Crippen LogP contribution is -2.18. The van der Waals surface area contributed by atoms with Gasteiger partial charge in [-0.15, -0.1) is 0 Å². The van der Waals surface area contributed by atoms with Gasteiger partial charge in [0.2, 0.25) is 0 Å². The van der Waals surface area contributed by atoms with Crippen molar-refractivity contribution in [2.75, 3.05) is 0 Å². The Morgan fingerprint density at radius 3 is 2.88 bits per heavy atom. The first-order chi connectivity index (χ1) is 7.58. The molecule has 0 saturated heterocycles. The summed E-state index contributed by atoms with van der Waals surface area (Å²) >= 11 is 6.14. The zero-order chi connectivity index (χ0) is 11.7. The Kier molecular flexibility index (Phi) is 3.13. The van der Waals surface area contributed by atoms with Crippen LogP contribution in [0.5, 0.6) is 0 Å². The fourth-order valence-corrected chi connectivity index (χ4v) is 2.10. The highest BCUT2D eigenvalue weighted by atomic mass is 35.5. The number of fused-ring (bicyclic) bond motifs is 1. The summed E-state index contributed by atoms with van der Waals surface area (Å²) in [6.07, 6.45) is 0.780. The van der Waals surface area contributed by atoms with E-state index in [9.17, 15) is 0 Å². The molecule has 3 heteroatoms. The number of aryl methyl sites for hydroxylation is 1. The Morgan fingerprint density at radius 2 is 2.19 bits per heavy atom. The van der Waals surface area contributed by atoms with Crippen LogP contribution in [0.25, 0.3) is 10.9 Å². The molecule has 1 aromatic heterocycles. The Bertz CT molecular complexity index is 521. The van der Waals surface area contributed by atoms with Crippen LogP contribution >= 0.6 is 11.6 Å². The van der Waals surface area contributed by atoms with Crippen molar-refractivity contribution >= 4 is 22.5 Å². The number of hydrogen-bond acceptors (Lipinski definition) is 2. The number of pyridine rings is 1. The van der Waals surface area contributed by atoms with Gasteiger partial charge in [-0.25, -0.2) is 0 Å². The van der Waals surface area contributed by atoms with E-state index in [-0.39, 0.29) is 6.04 Å². The average Bonchev–Trinajstić information content (AvgIpc) is 2.19. The highest BCUT2D eigenvalue weighted by Gasteiger charge is 2.07. The smallest absolute Gasteiger partial charge is 0.0894 e. The minimum atomic E-state index is 0.117. The molecule has 0 aliphatic rings. The summed E-state index contributed by atoms with van der Waals surface area (Å²) in [5, 5.41) is 1.81. The second-order valence-electron chi connectivity index (χ2n) is 4.25. The molecule has 0 bridgehead atoms. The second kappa shape index (κ2) is 4.40. The van der Waals surface area contributed by atoms with E-state index < -0.39 is 0 Å². The van der Waals surface area contributed by atoms with Gasteiger partial charge in [-0.05, 0) is 31.5 Å². The van der Waals surface area contributed by atoms with E-state index in [0.29, 0.717) is 5.02 Å². The van der Waals surface area contributed by atoms with Crippen LogP contribution in [0.3, 0.4) is 0 Å². The highest BCUT2D eigenvalue weighted by Crippen LogP contribution is 2.24. The number of nitrogens with two attached hydrogens (primary N) is 1. The molecular weight excluding hydrogens is 220 g/mol. The van der Waals surface area contributed by atoms with Gasteiger partial charge in [-0.3, -0.25) is 4.98 Å². The number of nitrogens with zero attached hydrogens (tertiary/aromatic N) is 1. The van der Waals surface area contributed by atoms with E-state index in [0.717, 1.165) is 23.0 Å². The molecule has 1 aromatic carbocycles. The van der Waals surface area contributed by atoms with Gasteiger partial charge < -0.3 is 5.73 Å². The Morgan fingerprint density at radius 1 is 1.44 bits per heavy atom. The monoisotopic (exact) mass is 234 g/mol. The van der Waals surface area contributed by atoms with Gasteiger partial charge in [0.05, 0.1) is 10.5 Å². The number of benzene rings is 1. The molecule has 1 unspecified atom stereocenters. The quantitative estimate of drug-likeness (QED) is 0.867. The molecule has 0 fully saturated rings. The minimum Gasteiger partial charge on any atom is -0.328 e. The fraction of sp³-hybridized carbons (Fsp3) is 0.308. The van der Waals surface area contributed by atoms with Crippen molar-refractivity contribution in [2.24, 2.45) is 5.73 Å². The maximum atomic E-state index is 6.14. The molecule has 0 aliphatic carbocycles. The summed E-state index contributed by atoms with van der Waals surface area (Å²) in [7, 11) is 0. The van der Waals surface area contributed by atoms with Gasteiger partial charge in [-0.1, -0.05) is 23.7 Å². The molecule has 0 amide bonds. The first-order valence-corrected chi connectivity index (χ1v) is 5.76. The number of rotatable bonds is 2. The lowest BCUT2D eigenvalue weighted by molar-refractivity contribution is 0.724. The molecule has 0 radical (unpaired) electrons. The number of aromatic nitrogens is 1. The molecule has 2 rings (SSSR count). The molecule has 0 spiro atoms. The van der Waals surface area contributed by atoms with Crippen LogP contribution in [0.15, 0.2) is 24.3 Å². The van der Waals surface area contributed by atoms with Crippen molar-refractivity contribution in [1.82, 2.24) is 4.98 Å². The van der Waals surface area contributed by atoms with Crippen LogP contribution in [0.1, 0.15) is 18.2 Å². The van der Waals surface area contributed by atoms with E-state index in [4.69, 9.17) is 17.3 Å². The van der Waals surface area contributed by atoms with Gasteiger partial charge in [-0.2, -0.15) is 0 Å². The lowest BCUT2D eigenvalue weighted by atomic mass is 10.1. The maximum Gasteiger partial charge on any atom is 0.0894 e. The zero-order valence-corrected chi connectivity index (χ0v) is 10.3. The summed E-state index contributed by atoms with van der Waals surface area (Å²) in [6, 6.07) is 8.06. The normalized spacial score (nSPS) is 13.0. The van der Waals surface area contributed by atoms with Gasteiger partial charge in [0.25, 0.3) is 0 Å². The zero-order valence-electron chi connectivity index (χ0n) is 9.50. The highest BCUT2D eigenvalue weighted by molar-refractivity contribution is 6.35. The van der Waals surface area contributed by atoms with Crippen molar-refractivity contribution in [1.29, 1.82) is 0 Å². The van der Waals surface area contributed by atoms with Gasteiger partial charge in [0, 0.05) is 23.5 Å². The van der Waals surface area contributed by atoms with Crippen LogP contribution in [0.4, 0.5) is 0 Å². The summed E-state index contributed by atoms with van der Waals surface area (Å²) in [5.41, 5.74) is 8.86. The molecule has 2 aromatic rings. The minimum absolute atomic E-state index is 0.117. The molecule has 2 nitrogen and oxygen atoms in total. The molecule has 0 saturated carbocycles. The van der Waals surface area contributed by atoms with Gasteiger partial charge in [0.15, 0.2) is 0 Å². The molecular formula is C13H15ClN2. The molecule has 16 heavy (non-hydrogen) atoms. The molecule has 1 atom stereocenters. The third-order valence-electron chi connectivity index (χ3n) is 2.58. The maximum absolute atomic E-state index is 6.14. The van der Waals surface area contributed by atoms with Crippen LogP contribution in [-0.4, -0.2) is 11.0 Å². The fourth-order valence-electron chi connectivity index (χ4n) is 1.89. The van der Waals surface area contributed by atoms with Crippen LogP contribution in [-0.2, 0) is 6.42 Å². The summed E-state index contributed by atoms with van der Waals surface area (Å²) < 4.78 is 0. The van der Waals surface area contributed by atoms with E-state index in [1.165, 1.54) is 5.56 Å². The van der Waals surface area contributed by atoms with Gasteiger partial charge >= 0.3 is 0 Å². The SMILES string of the molecule is Cc1cc(CC(C)N)nc2c(Cl)cccc12. The van der Waals surface area contributed by atoms with E-state index in [1.54, 1.807) is 0 Å². The van der Waals surface area contributed by atoms with Crippen LogP contribution in [0, 0.1) is 6.92 Å². The van der Waals surface area contributed by atoms with Crippen molar-refractivity contribution in [2.45, 2.75) is 26.3 Å². The lowest BCUT2D eigenvalue weighted by Gasteiger charge is -2.09. The largest absolute Gasteiger partial charge is 0.328 e. The Balaban J connectivity index is 2.61. The standard InChI is InChI=1S/C13H15ClN2/c1-8-6-10(7-9(2)15)16-13-11(8)4-3-5-12(13)14/h3-6,9H,7,15H2,1-2H3. The predicted molar refractivity (Wildman–Crippen MR) is 68.8 cm³/mol. The molecule has 2 N–H and O–H groups in total. The third-order valence-corrected chi connectivity index (χ3v) is 2.89. The molecule has 84 valence electrons. The van der Waals surface area contributed by atoms with E-state index >= 15 is 0 Å². The number of hydrogen-bond donors (Lipinski definition) is 1. The summed E-state index contributed by atoms with van der Waals surface area (Å²) in [4.78, 5) is 4.56. The van der Waals surface area contributed by atoms with Crippen molar-refractivity contribution in [3.05, 3.63) is 40.5 Å². The van der Waals surface area contributed by atoms with Crippen molar-refractivity contribution < 1.29 is 0 Å². The Labute approximate surface area is 100 Å². The molecule has 0 aliphatic heterocycles. The summed E-state index contributed by atoms with van der Waals surface area (Å²) in [6.45, 7) is 4.05.